The minimum atomic E-state index is -0.160. The molecule has 2 amide bonds. The van der Waals surface area contributed by atoms with Gasteiger partial charge in [-0.05, 0) is 23.8 Å². The Morgan fingerprint density at radius 1 is 1.00 bits per heavy atom. The highest BCUT2D eigenvalue weighted by atomic mass is 32.2. The summed E-state index contributed by atoms with van der Waals surface area (Å²) in [6.07, 6.45) is 0.688. The molecule has 0 unspecified atom stereocenters. The molecule has 2 N–H and O–H groups in total. The molecule has 0 aliphatic rings. The number of anilines is 2. The first-order chi connectivity index (χ1) is 13.5. The Hall–Kier alpha value is -3.13. The van der Waals surface area contributed by atoms with E-state index in [2.05, 4.69) is 20.8 Å². The maximum Gasteiger partial charge on any atom is 0.234 e. The van der Waals surface area contributed by atoms with Crippen molar-refractivity contribution in [3.05, 3.63) is 66.0 Å². The molecule has 144 valence electrons. The van der Waals surface area contributed by atoms with Crippen LogP contribution in [0.4, 0.5) is 11.4 Å². The van der Waals surface area contributed by atoms with E-state index in [4.69, 9.17) is 0 Å². The van der Waals surface area contributed by atoms with Gasteiger partial charge >= 0.3 is 0 Å². The number of rotatable bonds is 7. The molecule has 0 aliphatic carbocycles. The fraction of sp³-hybridized carbons (Fsp3) is 0.200. The van der Waals surface area contributed by atoms with Crippen molar-refractivity contribution in [1.29, 1.82) is 0 Å². The van der Waals surface area contributed by atoms with Gasteiger partial charge in [-0.3, -0.25) is 9.59 Å². The van der Waals surface area contributed by atoms with Crippen molar-refractivity contribution in [2.45, 2.75) is 18.5 Å². The van der Waals surface area contributed by atoms with Crippen molar-refractivity contribution in [3.63, 3.8) is 0 Å². The molecule has 0 saturated heterocycles. The summed E-state index contributed by atoms with van der Waals surface area (Å²) in [5.41, 5.74) is 2.42. The van der Waals surface area contributed by atoms with E-state index in [1.807, 2.05) is 41.9 Å². The third-order valence-electron chi connectivity index (χ3n) is 3.93. The number of aromatic nitrogens is 3. The van der Waals surface area contributed by atoms with Crippen LogP contribution in [0.2, 0.25) is 0 Å². The number of amides is 2. The van der Waals surface area contributed by atoms with E-state index in [0.29, 0.717) is 23.0 Å². The molecule has 7 nitrogen and oxygen atoms in total. The van der Waals surface area contributed by atoms with Gasteiger partial charge in [-0.15, -0.1) is 10.2 Å². The Bertz CT molecular complexity index is 972. The van der Waals surface area contributed by atoms with E-state index in [1.54, 1.807) is 24.3 Å². The Labute approximate surface area is 167 Å². The minimum absolute atomic E-state index is 0.155. The molecular formula is C20H21N5O2S. The number of benzene rings is 2. The van der Waals surface area contributed by atoms with Gasteiger partial charge in [0.1, 0.15) is 5.82 Å². The lowest BCUT2D eigenvalue weighted by Crippen LogP contribution is -2.15. The molecule has 3 aromatic rings. The van der Waals surface area contributed by atoms with Gasteiger partial charge in [0.25, 0.3) is 0 Å². The normalized spacial score (nSPS) is 10.5. The van der Waals surface area contributed by atoms with E-state index in [9.17, 15) is 9.59 Å². The van der Waals surface area contributed by atoms with Crippen LogP contribution in [0, 0.1) is 0 Å². The van der Waals surface area contributed by atoms with E-state index in [1.165, 1.54) is 18.7 Å². The Balaban J connectivity index is 1.56. The lowest BCUT2D eigenvalue weighted by molar-refractivity contribution is -0.114. The average Bonchev–Trinajstić information content (AvgIpc) is 3.00. The zero-order chi connectivity index (χ0) is 19.9. The van der Waals surface area contributed by atoms with Crippen LogP contribution in [0.15, 0.2) is 59.8 Å². The first-order valence-corrected chi connectivity index (χ1v) is 9.72. The lowest BCUT2D eigenvalue weighted by Gasteiger charge is -2.08. The first kappa shape index (κ1) is 19.6. The first-order valence-electron chi connectivity index (χ1n) is 8.74. The monoisotopic (exact) mass is 395 g/mol. The van der Waals surface area contributed by atoms with Crippen LogP contribution in [0.1, 0.15) is 18.3 Å². The van der Waals surface area contributed by atoms with Crippen LogP contribution in [-0.2, 0) is 23.1 Å². The third-order valence-corrected chi connectivity index (χ3v) is 4.95. The minimum Gasteiger partial charge on any atom is -0.326 e. The van der Waals surface area contributed by atoms with Gasteiger partial charge in [-0.1, -0.05) is 48.2 Å². The summed E-state index contributed by atoms with van der Waals surface area (Å²) in [5, 5.41) is 14.6. The van der Waals surface area contributed by atoms with Gasteiger partial charge in [0.2, 0.25) is 11.8 Å². The molecular weight excluding hydrogens is 374 g/mol. The number of carbonyl (C=O) groups is 2. The van der Waals surface area contributed by atoms with Crippen molar-refractivity contribution in [2.24, 2.45) is 7.05 Å². The number of thioether (sulfide) groups is 1. The number of nitrogens with one attached hydrogen (secondary N) is 2. The van der Waals surface area contributed by atoms with Crippen molar-refractivity contribution in [1.82, 2.24) is 14.8 Å². The number of hydrogen-bond donors (Lipinski definition) is 2. The van der Waals surface area contributed by atoms with Crippen LogP contribution in [0.3, 0.4) is 0 Å². The fourth-order valence-electron chi connectivity index (χ4n) is 2.61. The maximum atomic E-state index is 12.3. The second-order valence-electron chi connectivity index (χ2n) is 6.22. The quantitative estimate of drug-likeness (QED) is 0.600. The zero-order valence-corrected chi connectivity index (χ0v) is 16.5. The van der Waals surface area contributed by atoms with Gasteiger partial charge in [-0.25, -0.2) is 0 Å². The van der Waals surface area contributed by atoms with Gasteiger partial charge in [0.05, 0.1) is 5.75 Å². The Morgan fingerprint density at radius 3 is 2.43 bits per heavy atom. The number of nitrogens with zero attached hydrogens (tertiary/aromatic N) is 3. The van der Waals surface area contributed by atoms with Crippen LogP contribution >= 0.6 is 11.8 Å². The number of carbonyl (C=O) groups excluding carboxylic acids is 2. The molecule has 0 saturated carbocycles. The molecule has 28 heavy (non-hydrogen) atoms. The third kappa shape index (κ3) is 5.43. The largest absolute Gasteiger partial charge is 0.326 e. The second-order valence-corrected chi connectivity index (χ2v) is 7.16. The van der Waals surface area contributed by atoms with Crippen molar-refractivity contribution < 1.29 is 9.59 Å². The topological polar surface area (TPSA) is 88.9 Å². The molecule has 0 aliphatic heterocycles. The zero-order valence-electron chi connectivity index (χ0n) is 15.7. The summed E-state index contributed by atoms with van der Waals surface area (Å²) in [6.45, 7) is 1.44. The summed E-state index contributed by atoms with van der Waals surface area (Å²) in [7, 11) is 1.90. The smallest absolute Gasteiger partial charge is 0.234 e. The molecule has 1 aromatic heterocycles. The highest BCUT2D eigenvalue weighted by molar-refractivity contribution is 7.99. The van der Waals surface area contributed by atoms with Crippen LogP contribution < -0.4 is 10.6 Å². The van der Waals surface area contributed by atoms with Crippen molar-refractivity contribution >= 4 is 35.0 Å². The predicted molar refractivity (Wildman–Crippen MR) is 110 cm³/mol. The van der Waals surface area contributed by atoms with Crippen LogP contribution in [-0.4, -0.2) is 32.3 Å². The van der Waals surface area contributed by atoms with Gasteiger partial charge in [-0.2, -0.15) is 0 Å². The standard InChI is InChI=1S/C20H21N5O2S/c1-14(26)21-16-9-6-10-17(12-16)22-19(27)13-28-20-24-23-18(25(20)2)11-15-7-4-3-5-8-15/h3-10,12H,11,13H2,1-2H3,(H,21,26)(H,22,27). The van der Waals surface area contributed by atoms with Crippen molar-refractivity contribution in [2.75, 3.05) is 16.4 Å². The number of hydrogen-bond acceptors (Lipinski definition) is 5. The molecule has 0 bridgehead atoms. The molecule has 0 spiro atoms. The SMILES string of the molecule is CC(=O)Nc1cccc(NC(=O)CSc2nnc(Cc3ccccc3)n2C)c1. The molecule has 8 heteroatoms. The van der Waals surface area contributed by atoms with Gasteiger partial charge in [0.15, 0.2) is 5.16 Å². The molecule has 2 aromatic carbocycles. The Kier molecular flexibility index (Phi) is 6.44. The summed E-state index contributed by atoms with van der Waals surface area (Å²) in [5.74, 6) is 0.740. The van der Waals surface area contributed by atoms with Crippen LogP contribution in [0.5, 0.6) is 0 Å². The summed E-state index contributed by atoms with van der Waals surface area (Å²) in [4.78, 5) is 23.4. The molecule has 1 heterocycles. The van der Waals surface area contributed by atoms with E-state index < -0.39 is 0 Å². The van der Waals surface area contributed by atoms with Crippen molar-refractivity contribution in [3.8, 4) is 0 Å². The van der Waals surface area contributed by atoms with Gasteiger partial charge in [0, 0.05) is 31.8 Å². The highest BCUT2D eigenvalue weighted by Gasteiger charge is 2.12. The molecule has 0 fully saturated rings. The highest BCUT2D eigenvalue weighted by Crippen LogP contribution is 2.19. The maximum absolute atomic E-state index is 12.3. The summed E-state index contributed by atoms with van der Waals surface area (Å²) < 4.78 is 1.91. The summed E-state index contributed by atoms with van der Waals surface area (Å²) >= 11 is 1.33. The molecule has 0 atom stereocenters. The van der Waals surface area contributed by atoms with E-state index in [0.717, 1.165) is 11.4 Å². The fourth-order valence-corrected chi connectivity index (χ4v) is 3.34. The van der Waals surface area contributed by atoms with E-state index in [-0.39, 0.29) is 17.6 Å². The van der Waals surface area contributed by atoms with E-state index >= 15 is 0 Å². The van der Waals surface area contributed by atoms with Crippen LogP contribution in [0.25, 0.3) is 0 Å². The predicted octanol–water partition coefficient (Wildman–Crippen LogP) is 3.10. The molecule has 3 rings (SSSR count). The lowest BCUT2D eigenvalue weighted by atomic mass is 10.1. The average molecular weight is 395 g/mol. The summed E-state index contributed by atoms with van der Waals surface area (Å²) in [6, 6.07) is 17.1. The molecule has 0 radical (unpaired) electrons. The second kappa shape index (κ2) is 9.18. The van der Waals surface area contributed by atoms with Gasteiger partial charge < -0.3 is 15.2 Å². The Morgan fingerprint density at radius 2 is 1.71 bits per heavy atom.